The molecule has 0 atom stereocenters. The van der Waals surface area contributed by atoms with E-state index in [0.29, 0.717) is 23.0 Å². The van der Waals surface area contributed by atoms with Crippen molar-refractivity contribution in [1.82, 2.24) is 15.0 Å². The first-order valence-electron chi connectivity index (χ1n) is 17.8. The van der Waals surface area contributed by atoms with Crippen LogP contribution in [0.2, 0.25) is 0 Å². The number of fused-ring (bicyclic) bond motifs is 6. The Labute approximate surface area is 306 Å². The molecule has 4 heteroatoms. The highest BCUT2D eigenvalue weighted by Gasteiger charge is 2.20. The van der Waals surface area contributed by atoms with Crippen molar-refractivity contribution < 1.29 is 5.11 Å². The molecule has 0 saturated heterocycles. The summed E-state index contributed by atoms with van der Waals surface area (Å²) in [6, 6.07) is 62.3. The van der Waals surface area contributed by atoms with E-state index in [0.717, 1.165) is 49.5 Å². The van der Waals surface area contributed by atoms with Gasteiger partial charge in [-0.1, -0.05) is 158 Å². The van der Waals surface area contributed by atoms with E-state index in [1.807, 2.05) is 48.5 Å². The number of aromatic hydroxyl groups is 1. The van der Waals surface area contributed by atoms with Crippen LogP contribution in [0.1, 0.15) is 0 Å². The van der Waals surface area contributed by atoms with Crippen LogP contribution in [0.15, 0.2) is 182 Å². The van der Waals surface area contributed by atoms with Crippen LogP contribution in [-0.4, -0.2) is 20.1 Å². The van der Waals surface area contributed by atoms with E-state index in [4.69, 9.17) is 15.0 Å². The highest BCUT2D eigenvalue weighted by molar-refractivity contribution is 6.14. The highest BCUT2D eigenvalue weighted by Crippen LogP contribution is 2.42. The summed E-state index contributed by atoms with van der Waals surface area (Å²) in [6.07, 6.45) is 0. The molecule has 0 aliphatic carbocycles. The Hall–Kier alpha value is -7.17. The second kappa shape index (κ2) is 12.6. The van der Waals surface area contributed by atoms with Crippen LogP contribution in [0.4, 0.5) is 0 Å². The van der Waals surface area contributed by atoms with E-state index in [1.165, 1.54) is 26.9 Å². The third-order valence-electron chi connectivity index (χ3n) is 10.2. The molecule has 4 nitrogen and oxygen atoms in total. The lowest BCUT2D eigenvalue weighted by Crippen LogP contribution is -2.02. The number of rotatable bonds is 5. The average Bonchev–Trinajstić information content (AvgIpc) is 3.23. The van der Waals surface area contributed by atoms with Crippen LogP contribution in [0.5, 0.6) is 5.75 Å². The van der Waals surface area contributed by atoms with Crippen molar-refractivity contribution in [3.63, 3.8) is 0 Å². The zero-order valence-electron chi connectivity index (χ0n) is 28.6. The van der Waals surface area contributed by atoms with Gasteiger partial charge in [-0.15, -0.1) is 0 Å². The fraction of sp³-hybridized carbons (Fsp3) is 0. The van der Waals surface area contributed by atoms with Gasteiger partial charge in [0.1, 0.15) is 5.75 Å². The van der Waals surface area contributed by atoms with Gasteiger partial charge in [-0.25, -0.2) is 15.0 Å². The molecule has 0 aliphatic heterocycles. The van der Waals surface area contributed by atoms with Gasteiger partial charge < -0.3 is 5.11 Å². The summed E-state index contributed by atoms with van der Waals surface area (Å²) in [5.74, 6) is 1.77. The molecule has 0 amide bonds. The molecule has 10 aromatic rings. The lowest BCUT2D eigenvalue weighted by Gasteiger charge is -2.16. The minimum absolute atomic E-state index is 0.155. The zero-order valence-corrected chi connectivity index (χ0v) is 28.6. The van der Waals surface area contributed by atoms with Gasteiger partial charge in [0.25, 0.3) is 0 Å². The van der Waals surface area contributed by atoms with Crippen molar-refractivity contribution in [2.24, 2.45) is 0 Å². The van der Waals surface area contributed by atoms with Crippen molar-refractivity contribution >= 4 is 43.1 Å². The number of phenolic OH excluding ortho intramolecular Hbond substituents is 1. The van der Waals surface area contributed by atoms with E-state index in [1.54, 1.807) is 6.07 Å². The normalized spacial score (nSPS) is 11.5. The molecule has 0 spiro atoms. The lowest BCUT2D eigenvalue weighted by atomic mass is 9.90. The molecule has 0 bridgehead atoms. The number of phenols is 1. The lowest BCUT2D eigenvalue weighted by molar-refractivity contribution is 0.477. The Morgan fingerprint density at radius 1 is 0.302 bits per heavy atom. The molecule has 0 unspecified atom stereocenters. The summed E-state index contributed by atoms with van der Waals surface area (Å²) in [5.41, 5.74) is 6.25. The highest BCUT2D eigenvalue weighted by atomic mass is 16.3. The first-order valence-corrected chi connectivity index (χ1v) is 17.8. The predicted octanol–water partition coefficient (Wildman–Crippen LogP) is 12.5. The Morgan fingerprint density at radius 3 is 1.45 bits per heavy atom. The minimum atomic E-state index is 0.155. The molecule has 0 radical (unpaired) electrons. The molecular weight excluding hydrogens is 647 g/mol. The van der Waals surface area contributed by atoms with E-state index in [9.17, 15) is 5.11 Å². The van der Waals surface area contributed by atoms with Gasteiger partial charge in [-0.2, -0.15) is 0 Å². The third-order valence-corrected chi connectivity index (χ3v) is 10.2. The summed E-state index contributed by atoms with van der Waals surface area (Å²) >= 11 is 0. The fourth-order valence-electron chi connectivity index (χ4n) is 7.74. The Kier molecular flexibility index (Phi) is 7.26. The monoisotopic (exact) mass is 677 g/mol. The largest absolute Gasteiger partial charge is 0.507 e. The number of hydrogen-bond donors (Lipinski definition) is 1. The van der Waals surface area contributed by atoms with Crippen molar-refractivity contribution in [2.45, 2.75) is 0 Å². The maximum atomic E-state index is 11.6. The van der Waals surface area contributed by atoms with Gasteiger partial charge in [0.15, 0.2) is 17.5 Å². The van der Waals surface area contributed by atoms with E-state index >= 15 is 0 Å². The molecule has 10 rings (SSSR count). The van der Waals surface area contributed by atoms with Gasteiger partial charge in [0.05, 0.1) is 0 Å². The van der Waals surface area contributed by atoms with Crippen LogP contribution in [0, 0.1) is 0 Å². The van der Waals surface area contributed by atoms with Gasteiger partial charge in [0.2, 0.25) is 0 Å². The first kappa shape index (κ1) is 30.6. The number of aromatic nitrogens is 3. The molecule has 0 saturated carbocycles. The summed E-state index contributed by atoms with van der Waals surface area (Å²) in [4.78, 5) is 15.4. The standard InChI is InChI=1S/C49H31N3O/c53-45-27-13-26-42(46(45)35-19-12-18-32(28-35)43-29-33-16-4-6-20-36(33)38-22-8-10-24-40(38)43)48-50-47(31-14-2-1-3-15-31)51-49(52-48)44-30-34-17-5-7-21-37(34)39-23-9-11-25-41(39)44/h1-30,53H. The van der Waals surface area contributed by atoms with Crippen molar-refractivity contribution in [3.05, 3.63) is 182 Å². The average molecular weight is 678 g/mol. The Balaban J connectivity index is 1.20. The summed E-state index contributed by atoms with van der Waals surface area (Å²) < 4.78 is 0. The van der Waals surface area contributed by atoms with E-state index < -0.39 is 0 Å². The molecule has 1 N–H and O–H groups in total. The Bertz CT molecular complexity index is 3030. The Morgan fingerprint density at radius 2 is 0.774 bits per heavy atom. The first-order chi connectivity index (χ1) is 26.2. The van der Waals surface area contributed by atoms with Gasteiger partial charge in [0, 0.05) is 22.3 Å². The maximum absolute atomic E-state index is 11.6. The molecule has 1 heterocycles. The molecule has 248 valence electrons. The second-order valence-electron chi connectivity index (χ2n) is 13.3. The molecule has 0 fully saturated rings. The minimum Gasteiger partial charge on any atom is -0.507 e. The van der Waals surface area contributed by atoms with Crippen LogP contribution in [0.3, 0.4) is 0 Å². The summed E-state index contributed by atoms with van der Waals surface area (Å²) in [5, 5.41) is 20.9. The number of benzene rings is 9. The van der Waals surface area contributed by atoms with Crippen LogP contribution in [0.25, 0.3) is 99.5 Å². The van der Waals surface area contributed by atoms with Crippen LogP contribution >= 0.6 is 0 Å². The maximum Gasteiger partial charge on any atom is 0.164 e. The molecule has 9 aromatic carbocycles. The zero-order chi connectivity index (χ0) is 35.3. The summed E-state index contributed by atoms with van der Waals surface area (Å²) in [7, 11) is 0. The van der Waals surface area contributed by atoms with Crippen LogP contribution < -0.4 is 0 Å². The van der Waals surface area contributed by atoms with Gasteiger partial charge >= 0.3 is 0 Å². The molecule has 1 aromatic heterocycles. The topological polar surface area (TPSA) is 58.9 Å². The van der Waals surface area contributed by atoms with E-state index in [-0.39, 0.29) is 5.75 Å². The van der Waals surface area contributed by atoms with Gasteiger partial charge in [-0.3, -0.25) is 0 Å². The molecule has 53 heavy (non-hydrogen) atoms. The number of nitrogens with zero attached hydrogens (tertiary/aromatic N) is 3. The van der Waals surface area contributed by atoms with E-state index in [2.05, 4.69) is 127 Å². The van der Waals surface area contributed by atoms with Gasteiger partial charge in [-0.05, 0) is 84.0 Å². The quantitative estimate of drug-likeness (QED) is 0.184. The van der Waals surface area contributed by atoms with Crippen molar-refractivity contribution in [2.75, 3.05) is 0 Å². The fourth-order valence-corrected chi connectivity index (χ4v) is 7.74. The summed E-state index contributed by atoms with van der Waals surface area (Å²) in [6.45, 7) is 0. The smallest absolute Gasteiger partial charge is 0.164 e. The van der Waals surface area contributed by atoms with Crippen molar-refractivity contribution in [3.8, 4) is 62.2 Å². The predicted molar refractivity (Wildman–Crippen MR) is 219 cm³/mol. The SMILES string of the molecule is Oc1cccc(-c2nc(-c3ccccc3)nc(-c3cc4ccccc4c4ccccc34)n2)c1-c1cccc(-c2cc3ccccc3c3ccccc23)c1. The second-order valence-corrected chi connectivity index (χ2v) is 13.3. The molecule has 0 aliphatic rings. The van der Waals surface area contributed by atoms with Crippen LogP contribution in [-0.2, 0) is 0 Å². The van der Waals surface area contributed by atoms with Crippen molar-refractivity contribution in [1.29, 1.82) is 0 Å². The molecular formula is C49H31N3O. The third kappa shape index (κ3) is 5.28. The number of hydrogen-bond acceptors (Lipinski definition) is 4.